The molecule has 1 fully saturated rings. The van der Waals surface area contributed by atoms with E-state index in [1.165, 1.54) is 5.06 Å². The molecular formula is C14H19N3O2. The first kappa shape index (κ1) is 12.6. The highest BCUT2D eigenvalue weighted by atomic mass is 16.5. The first-order chi connectivity index (χ1) is 9.22. The van der Waals surface area contributed by atoms with E-state index in [9.17, 15) is 5.21 Å². The fraction of sp³-hybridized carbons (Fsp3) is 0.429. The van der Waals surface area contributed by atoms with E-state index < -0.39 is 0 Å². The van der Waals surface area contributed by atoms with Crippen molar-refractivity contribution in [3.8, 4) is 0 Å². The molecular weight excluding hydrogens is 242 g/mol. The second-order valence-electron chi connectivity index (χ2n) is 5.11. The van der Waals surface area contributed by atoms with E-state index in [4.69, 9.17) is 4.74 Å². The van der Waals surface area contributed by atoms with Gasteiger partial charge in [0.25, 0.3) is 0 Å². The number of ether oxygens (including phenoxy) is 1. The average molecular weight is 261 g/mol. The third kappa shape index (κ3) is 2.15. The normalized spacial score (nSPS) is 31.9. The molecule has 1 aromatic carbocycles. The smallest absolute Gasteiger partial charge is 0.0834 e. The molecule has 2 unspecified atom stereocenters. The van der Waals surface area contributed by atoms with Crippen molar-refractivity contribution in [3.63, 3.8) is 0 Å². The van der Waals surface area contributed by atoms with Crippen molar-refractivity contribution in [2.75, 3.05) is 19.8 Å². The topological polar surface area (TPSA) is 56.8 Å². The van der Waals surface area contributed by atoms with Crippen LogP contribution in [-0.2, 0) is 10.3 Å². The largest absolute Gasteiger partial charge is 0.378 e. The summed E-state index contributed by atoms with van der Waals surface area (Å²) < 4.78 is 5.50. The summed E-state index contributed by atoms with van der Waals surface area (Å²) in [6.45, 7) is 3.72. The predicted molar refractivity (Wildman–Crippen MR) is 71.2 cm³/mol. The lowest BCUT2D eigenvalue weighted by molar-refractivity contribution is -0.172. The maximum atomic E-state index is 10.1. The van der Waals surface area contributed by atoms with Gasteiger partial charge in [0.1, 0.15) is 0 Å². The minimum absolute atomic E-state index is 0.124. The lowest BCUT2D eigenvalue weighted by Gasteiger charge is -2.38. The van der Waals surface area contributed by atoms with Crippen molar-refractivity contribution in [2.24, 2.45) is 0 Å². The minimum atomic E-state index is -0.340. The van der Waals surface area contributed by atoms with E-state index in [0.717, 1.165) is 11.1 Å². The molecule has 2 aliphatic rings. The van der Waals surface area contributed by atoms with Crippen LogP contribution in [0, 0.1) is 0 Å². The van der Waals surface area contributed by atoms with Crippen molar-refractivity contribution >= 4 is 0 Å². The first-order valence-electron chi connectivity index (χ1n) is 6.54. The zero-order valence-corrected chi connectivity index (χ0v) is 11.0. The highest BCUT2D eigenvalue weighted by Crippen LogP contribution is 2.35. The summed E-state index contributed by atoms with van der Waals surface area (Å²) in [5.41, 5.74) is 8.26. The number of hydrogen-bond donors (Lipinski definition) is 3. The number of hydrazine groups is 1. The number of rotatable bonds is 2. The summed E-state index contributed by atoms with van der Waals surface area (Å²) in [6, 6.07) is 10.1. The van der Waals surface area contributed by atoms with E-state index in [-0.39, 0.29) is 11.6 Å². The predicted octanol–water partition coefficient (Wildman–Crippen LogP) is 0.984. The van der Waals surface area contributed by atoms with Gasteiger partial charge in [0.05, 0.1) is 24.8 Å². The van der Waals surface area contributed by atoms with Crippen molar-refractivity contribution in [1.82, 2.24) is 15.9 Å². The Bertz CT molecular complexity index is 477. The summed E-state index contributed by atoms with van der Waals surface area (Å²) in [6.07, 6.45) is 1.93. The van der Waals surface area contributed by atoms with Crippen LogP contribution in [0.2, 0.25) is 0 Å². The van der Waals surface area contributed by atoms with Crippen molar-refractivity contribution in [3.05, 3.63) is 47.7 Å². The van der Waals surface area contributed by atoms with Gasteiger partial charge in [-0.2, -0.15) is 5.06 Å². The number of nitrogens with zero attached hydrogens (tertiary/aromatic N) is 1. The van der Waals surface area contributed by atoms with Crippen LogP contribution in [0.15, 0.2) is 42.1 Å². The lowest BCUT2D eigenvalue weighted by Crippen LogP contribution is -2.51. The first-order valence-corrected chi connectivity index (χ1v) is 6.54. The molecule has 0 bridgehead atoms. The van der Waals surface area contributed by atoms with Gasteiger partial charge in [-0.25, -0.2) is 5.43 Å². The number of morpholine rings is 1. The Labute approximate surface area is 112 Å². The Morgan fingerprint density at radius 1 is 1.37 bits per heavy atom. The molecule has 2 heterocycles. The molecule has 1 aromatic rings. The Hall–Kier alpha value is -1.40. The fourth-order valence-corrected chi connectivity index (χ4v) is 2.76. The van der Waals surface area contributed by atoms with Gasteiger partial charge in [-0.3, -0.25) is 0 Å². The maximum absolute atomic E-state index is 10.1. The zero-order chi connectivity index (χ0) is 13.3. The summed E-state index contributed by atoms with van der Waals surface area (Å²) in [5, 5.41) is 11.4. The fourth-order valence-electron chi connectivity index (χ4n) is 2.76. The molecule has 0 amide bonds. The van der Waals surface area contributed by atoms with Gasteiger partial charge in [0.15, 0.2) is 0 Å². The molecule has 19 heavy (non-hydrogen) atoms. The minimum Gasteiger partial charge on any atom is -0.378 e. The molecule has 0 spiro atoms. The monoisotopic (exact) mass is 261 g/mol. The highest BCUT2D eigenvalue weighted by Gasteiger charge is 2.41. The van der Waals surface area contributed by atoms with Crippen LogP contribution in [-0.4, -0.2) is 36.1 Å². The number of hydroxylamine groups is 2. The van der Waals surface area contributed by atoms with E-state index in [1.807, 2.05) is 24.4 Å². The Morgan fingerprint density at radius 2 is 2.16 bits per heavy atom. The third-order valence-corrected chi connectivity index (χ3v) is 3.94. The number of benzene rings is 1. The Balaban J connectivity index is 1.92. The summed E-state index contributed by atoms with van der Waals surface area (Å²) in [4.78, 5) is 0. The molecule has 2 aliphatic heterocycles. The number of nitrogens with one attached hydrogen (secondary N) is 2. The van der Waals surface area contributed by atoms with Crippen LogP contribution in [0.25, 0.3) is 0 Å². The third-order valence-electron chi connectivity index (χ3n) is 3.94. The van der Waals surface area contributed by atoms with Crippen LogP contribution in [0.4, 0.5) is 0 Å². The molecule has 5 nitrogen and oxygen atoms in total. The Kier molecular flexibility index (Phi) is 3.28. The van der Waals surface area contributed by atoms with E-state index >= 15 is 0 Å². The van der Waals surface area contributed by atoms with Crippen molar-refractivity contribution in [2.45, 2.75) is 18.5 Å². The second kappa shape index (κ2) is 4.94. The molecule has 1 saturated heterocycles. The standard InChI is InChI=1S/C14H19N3O2/c1-14(11-5-3-2-4-6-11)12(9-15-16-14)13-10-19-8-7-17(13)18/h2-6,9,13,15-16,18H,7-8,10H2,1H3. The quantitative estimate of drug-likeness (QED) is 0.741. The zero-order valence-electron chi connectivity index (χ0n) is 11.0. The molecule has 0 saturated carbocycles. The van der Waals surface area contributed by atoms with Gasteiger partial charge in [-0.15, -0.1) is 0 Å². The van der Waals surface area contributed by atoms with Gasteiger partial charge >= 0.3 is 0 Å². The Morgan fingerprint density at radius 3 is 2.89 bits per heavy atom. The molecule has 102 valence electrons. The van der Waals surface area contributed by atoms with Gasteiger partial charge in [0, 0.05) is 12.7 Å². The van der Waals surface area contributed by atoms with Crippen molar-refractivity contribution in [1.29, 1.82) is 0 Å². The van der Waals surface area contributed by atoms with Crippen LogP contribution in [0.1, 0.15) is 12.5 Å². The van der Waals surface area contributed by atoms with E-state index in [2.05, 4.69) is 29.9 Å². The molecule has 2 atom stereocenters. The summed E-state index contributed by atoms with van der Waals surface area (Å²) in [7, 11) is 0. The van der Waals surface area contributed by atoms with Gasteiger partial charge < -0.3 is 15.4 Å². The molecule has 0 aromatic heterocycles. The highest BCUT2D eigenvalue weighted by molar-refractivity contribution is 5.39. The van der Waals surface area contributed by atoms with Gasteiger partial charge in [-0.1, -0.05) is 30.3 Å². The summed E-state index contributed by atoms with van der Waals surface area (Å²) >= 11 is 0. The molecule has 3 N–H and O–H groups in total. The van der Waals surface area contributed by atoms with Gasteiger partial charge in [0.2, 0.25) is 0 Å². The molecule has 0 aliphatic carbocycles. The average Bonchev–Trinajstić information content (AvgIpc) is 2.84. The van der Waals surface area contributed by atoms with Crippen LogP contribution in [0.5, 0.6) is 0 Å². The number of hydrogen-bond acceptors (Lipinski definition) is 5. The van der Waals surface area contributed by atoms with E-state index in [0.29, 0.717) is 19.8 Å². The molecule has 5 heteroatoms. The second-order valence-corrected chi connectivity index (χ2v) is 5.11. The SMILES string of the molecule is CC1(c2ccccc2)NNC=C1C1COCCN1O. The maximum Gasteiger partial charge on any atom is 0.0834 e. The van der Waals surface area contributed by atoms with Crippen molar-refractivity contribution < 1.29 is 9.94 Å². The van der Waals surface area contributed by atoms with E-state index in [1.54, 1.807) is 0 Å². The van der Waals surface area contributed by atoms with Crippen LogP contribution < -0.4 is 10.9 Å². The van der Waals surface area contributed by atoms with Crippen LogP contribution in [0.3, 0.4) is 0 Å². The lowest BCUT2D eigenvalue weighted by atomic mass is 9.82. The van der Waals surface area contributed by atoms with Crippen LogP contribution >= 0.6 is 0 Å². The molecule has 3 rings (SSSR count). The molecule has 0 radical (unpaired) electrons. The summed E-state index contributed by atoms with van der Waals surface area (Å²) in [5.74, 6) is 0. The van der Waals surface area contributed by atoms with Gasteiger partial charge in [-0.05, 0) is 18.1 Å².